The lowest BCUT2D eigenvalue weighted by Crippen LogP contribution is -2.39. The van der Waals surface area contributed by atoms with Crippen LogP contribution in [0.4, 0.5) is 5.69 Å². The molecule has 1 saturated heterocycles. The lowest BCUT2D eigenvalue weighted by molar-refractivity contribution is -0.121. The van der Waals surface area contributed by atoms with Gasteiger partial charge in [-0.15, -0.1) is 0 Å². The number of fused-ring (bicyclic) bond motifs is 1. The van der Waals surface area contributed by atoms with E-state index in [0.29, 0.717) is 12.2 Å². The molecule has 5 rings (SSSR count). The van der Waals surface area contributed by atoms with Gasteiger partial charge in [0.2, 0.25) is 5.91 Å². The zero-order chi connectivity index (χ0) is 22.8. The summed E-state index contributed by atoms with van der Waals surface area (Å²) in [7, 11) is 0. The molecule has 0 unspecified atom stereocenters. The fourth-order valence-electron chi connectivity index (χ4n) is 4.73. The van der Waals surface area contributed by atoms with Crippen LogP contribution in [0.1, 0.15) is 39.9 Å². The van der Waals surface area contributed by atoms with Crippen molar-refractivity contribution in [1.29, 1.82) is 0 Å². The molecule has 2 aromatic carbocycles. The number of rotatable bonds is 6. The van der Waals surface area contributed by atoms with E-state index in [1.54, 1.807) is 10.9 Å². The predicted molar refractivity (Wildman–Crippen MR) is 125 cm³/mol. The van der Waals surface area contributed by atoms with Gasteiger partial charge in [-0.25, -0.2) is 9.48 Å². The summed E-state index contributed by atoms with van der Waals surface area (Å²) in [5.74, 6) is -0.0774. The van der Waals surface area contributed by atoms with E-state index >= 15 is 0 Å². The third-order valence-electron chi connectivity index (χ3n) is 6.84. The quantitative estimate of drug-likeness (QED) is 0.586. The van der Waals surface area contributed by atoms with Crippen molar-refractivity contribution in [3.05, 3.63) is 77.1 Å². The van der Waals surface area contributed by atoms with Gasteiger partial charge < -0.3 is 15.0 Å². The van der Waals surface area contributed by atoms with E-state index < -0.39 is 0 Å². The van der Waals surface area contributed by atoms with Crippen LogP contribution in [-0.4, -0.2) is 46.2 Å². The van der Waals surface area contributed by atoms with Gasteiger partial charge >= 0.3 is 5.97 Å². The molecule has 2 aliphatic heterocycles. The fraction of sp³-hybridized carbons (Fsp3) is 0.346. The Morgan fingerprint density at radius 1 is 1.15 bits per heavy atom. The normalized spacial score (nSPS) is 16.5. The van der Waals surface area contributed by atoms with Gasteiger partial charge in [-0.3, -0.25) is 4.79 Å². The molecule has 7 nitrogen and oxygen atoms in total. The van der Waals surface area contributed by atoms with Crippen molar-refractivity contribution in [2.45, 2.75) is 32.8 Å². The Kier molecular flexibility index (Phi) is 5.96. The molecule has 1 aromatic heterocycles. The maximum absolute atomic E-state index is 12.8. The molecule has 1 fully saturated rings. The van der Waals surface area contributed by atoms with Gasteiger partial charge in [-0.05, 0) is 86.8 Å². The van der Waals surface area contributed by atoms with Crippen LogP contribution >= 0.6 is 0 Å². The van der Waals surface area contributed by atoms with Crippen molar-refractivity contribution in [3.63, 3.8) is 0 Å². The monoisotopic (exact) mass is 444 g/mol. The molecule has 1 amide bonds. The number of nitrogens with zero attached hydrogens (tertiary/aromatic N) is 3. The van der Waals surface area contributed by atoms with E-state index in [2.05, 4.69) is 28.3 Å². The van der Waals surface area contributed by atoms with Crippen molar-refractivity contribution in [2.75, 3.05) is 25.0 Å². The average molecular weight is 445 g/mol. The number of nitrogens with one attached hydrogen (secondary N) is 1. The molecule has 0 atom stereocenters. The highest BCUT2D eigenvalue weighted by Gasteiger charge is 2.26. The minimum absolute atomic E-state index is 0.0388. The van der Waals surface area contributed by atoms with Gasteiger partial charge in [-0.2, -0.15) is 5.10 Å². The summed E-state index contributed by atoms with van der Waals surface area (Å²) < 4.78 is 6.95. The van der Waals surface area contributed by atoms with Crippen LogP contribution in [0.25, 0.3) is 5.69 Å². The lowest BCUT2D eigenvalue weighted by Gasteiger charge is -2.31. The van der Waals surface area contributed by atoms with E-state index in [1.165, 1.54) is 11.1 Å². The molecule has 0 spiro atoms. The Bertz CT molecular complexity index is 1150. The minimum atomic E-state index is -0.214. The second-order valence-electron chi connectivity index (χ2n) is 8.80. The Hall–Kier alpha value is -3.45. The highest BCUT2D eigenvalue weighted by Crippen LogP contribution is 2.27. The number of hydrogen-bond acceptors (Lipinski definition) is 5. The third kappa shape index (κ3) is 4.54. The summed E-state index contributed by atoms with van der Waals surface area (Å²) in [4.78, 5) is 26.9. The summed E-state index contributed by atoms with van der Waals surface area (Å²) >= 11 is 0. The highest BCUT2D eigenvalue weighted by atomic mass is 16.5. The summed E-state index contributed by atoms with van der Waals surface area (Å²) in [6.45, 7) is 5.26. The number of ether oxygens (including phenoxy) is 1. The first-order chi connectivity index (χ1) is 16.1. The number of aromatic nitrogens is 2. The molecule has 0 saturated carbocycles. The Morgan fingerprint density at radius 2 is 1.94 bits per heavy atom. The molecule has 0 bridgehead atoms. The van der Waals surface area contributed by atoms with Gasteiger partial charge in [0.25, 0.3) is 0 Å². The van der Waals surface area contributed by atoms with Crippen molar-refractivity contribution in [3.8, 4) is 5.69 Å². The van der Waals surface area contributed by atoms with Gasteiger partial charge in [0, 0.05) is 36.1 Å². The molecular formula is C26H28N4O3. The van der Waals surface area contributed by atoms with Gasteiger partial charge in [-0.1, -0.05) is 6.07 Å². The zero-order valence-electron chi connectivity index (χ0n) is 18.8. The van der Waals surface area contributed by atoms with E-state index in [9.17, 15) is 9.59 Å². The van der Waals surface area contributed by atoms with Crippen LogP contribution < -0.4 is 5.32 Å². The smallest absolute Gasteiger partial charge is 0.338 e. The lowest BCUT2D eigenvalue weighted by atomic mass is 9.94. The summed E-state index contributed by atoms with van der Waals surface area (Å²) in [6.07, 6.45) is 6.30. The molecule has 0 radical (unpaired) electrons. The number of cyclic esters (lactones) is 1. The van der Waals surface area contributed by atoms with E-state index in [1.807, 2.05) is 42.6 Å². The molecule has 2 aliphatic rings. The van der Waals surface area contributed by atoms with Crippen LogP contribution in [0.2, 0.25) is 0 Å². The van der Waals surface area contributed by atoms with Crippen molar-refractivity contribution in [2.24, 2.45) is 5.92 Å². The van der Waals surface area contributed by atoms with Crippen molar-refractivity contribution >= 4 is 17.6 Å². The second kappa shape index (κ2) is 9.19. The Morgan fingerprint density at radius 3 is 2.67 bits per heavy atom. The molecule has 1 N–H and O–H groups in total. The standard InChI is InChI=1S/C26H28N4O3/c1-18-19(3-8-23-24(18)17-33-26(23)32)9-14-29-15-10-20(11-16-29)25(31)28-21-4-6-22(7-5-21)30-13-2-12-27-30/h2-8,12-13,20H,9-11,14-17H2,1H3,(H,28,31). The summed E-state index contributed by atoms with van der Waals surface area (Å²) in [5.41, 5.74) is 5.96. The number of amides is 1. The zero-order valence-corrected chi connectivity index (χ0v) is 18.8. The number of likely N-dealkylation sites (tertiary alicyclic amines) is 1. The molecule has 3 aromatic rings. The van der Waals surface area contributed by atoms with Gasteiger partial charge in [0.05, 0.1) is 11.3 Å². The van der Waals surface area contributed by atoms with Crippen LogP contribution in [0, 0.1) is 12.8 Å². The third-order valence-corrected chi connectivity index (χ3v) is 6.84. The first kappa shape index (κ1) is 21.4. The highest BCUT2D eigenvalue weighted by molar-refractivity contribution is 5.94. The fourth-order valence-corrected chi connectivity index (χ4v) is 4.73. The predicted octanol–water partition coefficient (Wildman–Crippen LogP) is 3.74. The summed E-state index contributed by atoms with van der Waals surface area (Å²) in [5, 5.41) is 7.29. The molecule has 0 aliphatic carbocycles. The number of benzene rings is 2. The number of hydrogen-bond donors (Lipinski definition) is 1. The minimum Gasteiger partial charge on any atom is -0.457 e. The van der Waals surface area contributed by atoms with Crippen molar-refractivity contribution < 1.29 is 14.3 Å². The average Bonchev–Trinajstić information content (AvgIpc) is 3.50. The number of carbonyl (C=O) groups is 2. The van der Waals surface area contributed by atoms with Crippen molar-refractivity contribution in [1.82, 2.24) is 14.7 Å². The Balaban J connectivity index is 1.10. The van der Waals surface area contributed by atoms with Gasteiger partial charge in [0.15, 0.2) is 0 Å². The first-order valence-corrected chi connectivity index (χ1v) is 11.5. The van der Waals surface area contributed by atoms with E-state index in [-0.39, 0.29) is 17.8 Å². The molecule has 7 heteroatoms. The first-order valence-electron chi connectivity index (χ1n) is 11.5. The summed E-state index contributed by atoms with van der Waals surface area (Å²) in [6, 6.07) is 13.6. The number of esters is 1. The number of piperidine rings is 1. The number of carbonyl (C=O) groups excluding carboxylic acids is 2. The molecule has 33 heavy (non-hydrogen) atoms. The van der Waals surface area contributed by atoms with E-state index in [0.717, 1.165) is 55.8 Å². The molecule has 170 valence electrons. The van der Waals surface area contributed by atoms with Crippen LogP contribution in [0.15, 0.2) is 54.9 Å². The Labute approximate surface area is 193 Å². The maximum atomic E-state index is 12.8. The second-order valence-corrected chi connectivity index (χ2v) is 8.80. The van der Waals surface area contributed by atoms with Crippen LogP contribution in [-0.2, 0) is 22.6 Å². The number of anilines is 1. The largest absolute Gasteiger partial charge is 0.457 e. The SMILES string of the molecule is Cc1c(CCN2CCC(C(=O)Nc3ccc(-n4cccn4)cc3)CC2)ccc2c1COC2=O. The molecular weight excluding hydrogens is 416 g/mol. The van der Waals surface area contributed by atoms with E-state index in [4.69, 9.17) is 4.74 Å². The maximum Gasteiger partial charge on any atom is 0.338 e. The molecule has 3 heterocycles. The van der Waals surface area contributed by atoms with Crippen LogP contribution in [0.3, 0.4) is 0 Å². The van der Waals surface area contributed by atoms with Crippen LogP contribution in [0.5, 0.6) is 0 Å². The topological polar surface area (TPSA) is 76.5 Å². The van der Waals surface area contributed by atoms with Gasteiger partial charge in [0.1, 0.15) is 6.61 Å².